The number of methoxy groups -OCH3 is 1. The summed E-state index contributed by atoms with van der Waals surface area (Å²) in [5.74, 6) is 2.13. The number of aliphatic imine (C=N–C) groups is 1. The molecular formula is C14H19NO2. The van der Waals surface area contributed by atoms with Crippen LogP contribution in [0, 0.1) is 12.8 Å². The van der Waals surface area contributed by atoms with Crippen LogP contribution in [-0.2, 0) is 4.74 Å². The van der Waals surface area contributed by atoms with Gasteiger partial charge in [0, 0.05) is 5.56 Å². The standard InChI is InChI=1S/C14H19NO2/c1-9(2)12-8-17-14(15-12)11-6-5-10(3)13(7-11)16-4/h5-7,9,12H,8H2,1-4H3/t12-/m0/s1. The molecule has 1 aliphatic heterocycles. The lowest BCUT2D eigenvalue weighted by Crippen LogP contribution is -2.13. The average molecular weight is 233 g/mol. The van der Waals surface area contributed by atoms with Crippen molar-refractivity contribution in [2.75, 3.05) is 13.7 Å². The largest absolute Gasteiger partial charge is 0.496 e. The molecule has 3 heteroatoms. The number of hydrogen-bond acceptors (Lipinski definition) is 3. The molecule has 0 spiro atoms. The van der Waals surface area contributed by atoms with Crippen molar-refractivity contribution in [2.45, 2.75) is 26.8 Å². The molecule has 0 unspecified atom stereocenters. The molecule has 1 heterocycles. The minimum absolute atomic E-state index is 0.275. The van der Waals surface area contributed by atoms with Crippen molar-refractivity contribution in [1.29, 1.82) is 0 Å². The first-order chi connectivity index (χ1) is 8.11. The summed E-state index contributed by atoms with van der Waals surface area (Å²) >= 11 is 0. The Labute approximate surface area is 102 Å². The van der Waals surface area contributed by atoms with Crippen LogP contribution in [0.5, 0.6) is 5.75 Å². The van der Waals surface area contributed by atoms with Gasteiger partial charge in [-0.15, -0.1) is 0 Å². The third-order valence-electron chi connectivity index (χ3n) is 3.10. The van der Waals surface area contributed by atoms with E-state index < -0.39 is 0 Å². The number of aryl methyl sites for hydroxylation is 1. The third-order valence-corrected chi connectivity index (χ3v) is 3.10. The van der Waals surface area contributed by atoms with Crippen molar-refractivity contribution in [3.05, 3.63) is 29.3 Å². The molecule has 0 amide bonds. The molecule has 1 aromatic rings. The van der Waals surface area contributed by atoms with Gasteiger partial charge < -0.3 is 9.47 Å². The number of hydrogen-bond donors (Lipinski definition) is 0. The molecule has 0 N–H and O–H groups in total. The molecule has 1 aromatic carbocycles. The van der Waals surface area contributed by atoms with Gasteiger partial charge in [-0.3, -0.25) is 0 Å². The van der Waals surface area contributed by atoms with E-state index in [2.05, 4.69) is 18.8 Å². The van der Waals surface area contributed by atoms with Crippen LogP contribution in [-0.4, -0.2) is 25.7 Å². The monoisotopic (exact) mass is 233 g/mol. The topological polar surface area (TPSA) is 30.8 Å². The van der Waals surface area contributed by atoms with Gasteiger partial charge in [0.15, 0.2) is 0 Å². The Balaban J connectivity index is 2.27. The van der Waals surface area contributed by atoms with E-state index in [9.17, 15) is 0 Å². The SMILES string of the molecule is COc1cc(C2=N[C@H](C(C)C)CO2)ccc1C. The highest BCUT2D eigenvalue weighted by Crippen LogP contribution is 2.23. The van der Waals surface area contributed by atoms with Crippen molar-refractivity contribution in [1.82, 2.24) is 0 Å². The van der Waals surface area contributed by atoms with Crippen LogP contribution in [0.25, 0.3) is 0 Å². The lowest BCUT2D eigenvalue weighted by atomic mass is 10.1. The molecule has 2 rings (SSSR count). The molecule has 17 heavy (non-hydrogen) atoms. The summed E-state index contributed by atoms with van der Waals surface area (Å²) < 4.78 is 11.0. The first-order valence-corrected chi connectivity index (χ1v) is 5.97. The predicted molar refractivity (Wildman–Crippen MR) is 68.8 cm³/mol. The van der Waals surface area contributed by atoms with Crippen molar-refractivity contribution in [2.24, 2.45) is 10.9 Å². The molecule has 92 valence electrons. The van der Waals surface area contributed by atoms with Crippen molar-refractivity contribution in [3.63, 3.8) is 0 Å². The Bertz CT molecular complexity index is 438. The maximum Gasteiger partial charge on any atom is 0.216 e. The summed E-state index contributed by atoms with van der Waals surface area (Å²) in [5.41, 5.74) is 2.12. The van der Waals surface area contributed by atoms with Crippen LogP contribution in [0.4, 0.5) is 0 Å². The maximum atomic E-state index is 5.65. The second-order valence-corrected chi connectivity index (χ2v) is 4.74. The zero-order chi connectivity index (χ0) is 12.4. The Morgan fingerprint density at radius 2 is 2.18 bits per heavy atom. The summed E-state index contributed by atoms with van der Waals surface area (Å²) in [5, 5.41) is 0. The normalized spacial score (nSPS) is 19.1. The fourth-order valence-electron chi connectivity index (χ4n) is 1.84. The summed E-state index contributed by atoms with van der Waals surface area (Å²) in [6.07, 6.45) is 0. The number of nitrogens with zero attached hydrogens (tertiary/aromatic N) is 1. The summed E-state index contributed by atoms with van der Waals surface area (Å²) in [6.45, 7) is 7.03. The van der Waals surface area contributed by atoms with Crippen LogP contribution in [0.1, 0.15) is 25.0 Å². The summed E-state index contributed by atoms with van der Waals surface area (Å²) in [7, 11) is 1.68. The molecule has 0 aliphatic carbocycles. The minimum Gasteiger partial charge on any atom is -0.496 e. The van der Waals surface area contributed by atoms with Gasteiger partial charge in [-0.25, -0.2) is 4.99 Å². The molecule has 1 atom stereocenters. The first-order valence-electron chi connectivity index (χ1n) is 5.97. The van der Waals surface area contributed by atoms with E-state index >= 15 is 0 Å². The fraction of sp³-hybridized carbons (Fsp3) is 0.500. The Morgan fingerprint density at radius 1 is 1.41 bits per heavy atom. The second-order valence-electron chi connectivity index (χ2n) is 4.74. The molecule has 0 bridgehead atoms. The highest BCUT2D eigenvalue weighted by Gasteiger charge is 2.23. The first kappa shape index (κ1) is 12.0. The molecule has 0 saturated carbocycles. The zero-order valence-electron chi connectivity index (χ0n) is 10.9. The van der Waals surface area contributed by atoms with Gasteiger partial charge in [0.25, 0.3) is 0 Å². The van der Waals surface area contributed by atoms with Crippen molar-refractivity contribution in [3.8, 4) is 5.75 Å². The van der Waals surface area contributed by atoms with Crippen LogP contribution in [0.3, 0.4) is 0 Å². The van der Waals surface area contributed by atoms with Gasteiger partial charge >= 0.3 is 0 Å². The molecule has 1 aliphatic rings. The number of rotatable bonds is 3. The quantitative estimate of drug-likeness (QED) is 0.803. The summed E-state index contributed by atoms with van der Waals surface area (Å²) in [4.78, 5) is 4.60. The third kappa shape index (κ3) is 2.43. The van der Waals surface area contributed by atoms with Crippen LogP contribution in [0.15, 0.2) is 23.2 Å². The molecular weight excluding hydrogens is 214 g/mol. The molecule has 3 nitrogen and oxygen atoms in total. The highest BCUT2D eigenvalue weighted by atomic mass is 16.5. The van der Waals surface area contributed by atoms with E-state index in [1.54, 1.807) is 7.11 Å². The minimum atomic E-state index is 0.275. The van der Waals surface area contributed by atoms with Gasteiger partial charge in [-0.1, -0.05) is 19.9 Å². The van der Waals surface area contributed by atoms with Crippen molar-refractivity contribution < 1.29 is 9.47 Å². The van der Waals surface area contributed by atoms with Gasteiger partial charge in [-0.05, 0) is 30.5 Å². The van der Waals surface area contributed by atoms with Gasteiger partial charge in [0.2, 0.25) is 5.90 Å². The van der Waals surface area contributed by atoms with E-state index in [-0.39, 0.29) is 6.04 Å². The maximum absolute atomic E-state index is 5.65. The van der Waals surface area contributed by atoms with Crippen LogP contribution in [0.2, 0.25) is 0 Å². The van der Waals surface area contributed by atoms with Gasteiger partial charge in [-0.2, -0.15) is 0 Å². The Kier molecular flexibility index (Phi) is 3.36. The molecule has 0 fully saturated rings. The molecule has 0 saturated heterocycles. The summed E-state index contributed by atoms with van der Waals surface area (Å²) in [6, 6.07) is 6.32. The smallest absolute Gasteiger partial charge is 0.216 e. The van der Waals surface area contributed by atoms with E-state index in [0.29, 0.717) is 12.5 Å². The van der Waals surface area contributed by atoms with E-state index in [1.807, 2.05) is 25.1 Å². The number of benzene rings is 1. The Morgan fingerprint density at radius 3 is 2.76 bits per heavy atom. The van der Waals surface area contributed by atoms with E-state index in [1.165, 1.54) is 0 Å². The lowest BCUT2D eigenvalue weighted by Gasteiger charge is -2.07. The van der Waals surface area contributed by atoms with Gasteiger partial charge in [0.1, 0.15) is 12.4 Å². The fourth-order valence-corrected chi connectivity index (χ4v) is 1.84. The Hall–Kier alpha value is -1.51. The second kappa shape index (κ2) is 4.78. The van der Waals surface area contributed by atoms with Crippen LogP contribution < -0.4 is 4.74 Å². The van der Waals surface area contributed by atoms with E-state index in [0.717, 1.165) is 22.8 Å². The predicted octanol–water partition coefficient (Wildman–Crippen LogP) is 2.81. The highest BCUT2D eigenvalue weighted by molar-refractivity contribution is 5.95. The number of ether oxygens (including phenoxy) is 2. The van der Waals surface area contributed by atoms with Crippen LogP contribution >= 0.6 is 0 Å². The molecule has 0 aromatic heterocycles. The van der Waals surface area contributed by atoms with Crippen molar-refractivity contribution >= 4 is 5.90 Å². The average Bonchev–Trinajstić information content (AvgIpc) is 2.79. The zero-order valence-corrected chi connectivity index (χ0v) is 10.9. The van der Waals surface area contributed by atoms with E-state index in [4.69, 9.17) is 9.47 Å². The van der Waals surface area contributed by atoms with Gasteiger partial charge in [0.05, 0.1) is 13.2 Å². The lowest BCUT2D eigenvalue weighted by molar-refractivity contribution is 0.291. The molecule has 0 radical (unpaired) electrons.